The molecule has 0 unspecified atom stereocenters. The van der Waals surface area contributed by atoms with E-state index in [2.05, 4.69) is 6.92 Å². The fourth-order valence-electron chi connectivity index (χ4n) is 3.09. The van der Waals surface area contributed by atoms with E-state index in [4.69, 9.17) is 0 Å². The molecule has 0 N–H and O–H groups in total. The van der Waals surface area contributed by atoms with Crippen LogP contribution in [0.2, 0.25) is 0 Å². The first-order valence-electron chi connectivity index (χ1n) is 8.57. The summed E-state index contributed by atoms with van der Waals surface area (Å²) in [5.41, 5.74) is 0. The quantitative estimate of drug-likeness (QED) is 0.677. The Labute approximate surface area is 129 Å². The van der Waals surface area contributed by atoms with Crippen LogP contribution in [-0.4, -0.2) is 47.8 Å². The van der Waals surface area contributed by atoms with Gasteiger partial charge in [0.15, 0.2) is 0 Å². The Morgan fingerprint density at radius 3 is 2.19 bits per heavy atom. The van der Waals surface area contributed by atoms with E-state index >= 15 is 0 Å². The lowest BCUT2D eigenvalue weighted by Gasteiger charge is -2.30. The fraction of sp³-hybridized carbons (Fsp3) is 0.882. The molecule has 0 aromatic carbocycles. The molecule has 0 heterocycles. The Bertz CT molecular complexity index is 323. The van der Waals surface area contributed by atoms with E-state index in [9.17, 15) is 9.59 Å². The van der Waals surface area contributed by atoms with Gasteiger partial charge in [-0.15, -0.1) is 0 Å². The van der Waals surface area contributed by atoms with Crippen molar-refractivity contribution in [3.05, 3.63) is 0 Å². The van der Waals surface area contributed by atoms with Gasteiger partial charge in [0.05, 0.1) is 0 Å². The van der Waals surface area contributed by atoms with Gasteiger partial charge < -0.3 is 9.80 Å². The van der Waals surface area contributed by atoms with E-state index in [0.717, 1.165) is 32.2 Å². The van der Waals surface area contributed by atoms with Crippen molar-refractivity contribution in [2.24, 2.45) is 0 Å². The molecule has 2 amide bonds. The van der Waals surface area contributed by atoms with Gasteiger partial charge in [-0.2, -0.15) is 0 Å². The zero-order valence-corrected chi connectivity index (χ0v) is 14.1. The molecule has 1 rings (SSSR count). The second-order valence-electron chi connectivity index (χ2n) is 6.28. The van der Waals surface area contributed by atoms with Crippen molar-refractivity contribution in [2.75, 3.05) is 20.1 Å². The van der Waals surface area contributed by atoms with Gasteiger partial charge in [0.2, 0.25) is 11.8 Å². The molecule has 122 valence electrons. The average molecular weight is 296 g/mol. The molecule has 0 spiro atoms. The van der Waals surface area contributed by atoms with Crippen LogP contribution in [-0.2, 0) is 9.59 Å². The van der Waals surface area contributed by atoms with E-state index in [-0.39, 0.29) is 11.8 Å². The van der Waals surface area contributed by atoms with Gasteiger partial charge in [-0.1, -0.05) is 39.0 Å². The SMILES string of the molecule is CCCCN(C)C(=O)CCN(C(C)=O)C1CCCCCC1. The molecule has 0 aliphatic heterocycles. The van der Waals surface area contributed by atoms with Crippen molar-refractivity contribution >= 4 is 11.8 Å². The van der Waals surface area contributed by atoms with Gasteiger partial charge in [0.25, 0.3) is 0 Å². The summed E-state index contributed by atoms with van der Waals surface area (Å²) < 4.78 is 0. The summed E-state index contributed by atoms with van der Waals surface area (Å²) in [6, 6.07) is 0.346. The van der Waals surface area contributed by atoms with Crippen molar-refractivity contribution in [2.45, 2.75) is 77.7 Å². The molecule has 21 heavy (non-hydrogen) atoms. The first-order chi connectivity index (χ1) is 10.1. The second-order valence-corrected chi connectivity index (χ2v) is 6.28. The molecule has 0 aromatic rings. The Hall–Kier alpha value is -1.06. The molecule has 0 saturated heterocycles. The molecule has 0 bridgehead atoms. The number of hydrogen-bond donors (Lipinski definition) is 0. The summed E-state index contributed by atoms with van der Waals surface area (Å²) >= 11 is 0. The number of unbranched alkanes of at least 4 members (excludes halogenated alkanes) is 1. The summed E-state index contributed by atoms with van der Waals surface area (Å²) in [6.07, 6.45) is 9.76. The van der Waals surface area contributed by atoms with E-state index in [1.54, 1.807) is 11.8 Å². The summed E-state index contributed by atoms with van der Waals surface area (Å²) in [6.45, 7) is 5.16. The van der Waals surface area contributed by atoms with Gasteiger partial charge in [0, 0.05) is 39.5 Å². The summed E-state index contributed by atoms with van der Waals surface area (Å²) in [4.78, 5) is 27.8. The van der Waals surface area contributed by atoms with Gasteiger partial charge in [-0.25, -0.2) is 0 Å². The molecule has 0 aromatic heterocycles. The largest absolute Gasteiger partial charge is 0.346 e. The van der Waals surface area contributed by atoms with Gasteiger partial charge in [-0.05, 0) is 19.3 Å². The number of hydrogen-bond acceptors (Lipinski definition) is 2. The highest BCUT2D eigenvalue weighted by atomic mass is 16.2. The topological polar surface area (TPSA) is 40.6 Å². The van der Waals surface area contributed by atoms with Gasteiger partial charge >= 0.3 is 0 Å². The van der Waals surface area contributed by atoms with Gasteiger partial charge in [0.1, 0.15) is 0 Å². The van der Waals surface area contributed by atoms with E-state index in [1.807, 2.05) is 11.9 Å². The molecule has 1 aliphatic carbocycles. The predicted octanol–water partition coefficient (Wildman–Crippen LogP) is 3.21. The first-order valence-corrected chi connectivity index (χ1v) is 8.57. The summed E-state index contributed by atoms with van der Waals surface area (Å²) in [7, 11) is 1.86. The van der Waals surface area contributed by atoms with Crippen LogP contribution >= 0.6 is 0 Å². The van der Waals surface area contributed by atoms with Crippen LogP contribution in [0.4, 0.5) is 0 Å². The monoisotopic (exact) mass is 296 g/mol. The van der Waals surface area contributed by atoms with Crippen LogP contribution in [0.15, 0.2) is 0 Å². The van der Waals surface area contributed by atoms with Crippen molar-refractivity contribution < 1.29 is 9.59 Å². The van der Waals surface area contributed by atoms with E-state index in [0.29, 0.717) is 19.0 Å². The Kier molecular flexibility index (Phi) is 8.40. The highest BCUT2D eigenvalue weighted by Gasteiger charge is 2.23. The molecular formula is C17H32N2O2. The molecule has 1 fully saturated rings. The van der Waals surface area contributed by atoms with Crippen molar-refractivity contribution in [1.29, 1.82) is 0 Å². The fourth-order valence-corrected chi connectivity index (χ4v) is 3.09. The predicted molar refractivity (Wildman–Crippen MR) is 86.0 cm³/mol. The Morgan fingerprint density at radius 1 is 1.05 bits per heavy atom. The van der Waals surface area contributed by atoms with Gasteiger partial charge in [-0.3, -0.25) is 9.59 Å². The van der Waals surface area contributed by atoms with Crippen LogP contribution in [0.25, 0.3) is 0 Å². The third-order valence-corrected chi connectivity index (χ3v) is 4.51. The minimum atomic E-state index is 0.117. The molecule has 0 radical (unpaired) electrons. The number of amides is 2. The Morgan fingerprint density at radius 2 is 1.67 bits per heavy atom. The molecular weight excluding hydrogens is 264 g/mol. The normalized spacial score (nSPS) is 16.3. The van der Waals surface area contributed by atoms with Crippen LogP contribution in [0.3, 0.4) is 0 Å². The standard InChI is InChI=1S/C17H32N2O2/c1-4-5-13-18(3)17(21)12-14-19(15(2)20)16-10-8-6-7-9-11-16/h16H,4-14H2,1-3H3. The van der Waals surface area contributed by atoms with Crippen molar-refractivity contribution in [3.8, 4) is 0 Å². The molecule has 1 aliphatic rings. The van der Waals surface area contributed by atoms with E-state index < -0.39 is 0 Å². The van der Waals surface area contributed by atoms with Crippen LogP contribution in [0.5, 0.6) is 0 Å². The summed E-state index contributed by atoms with van der Waals surface area (Å²) in [5, 5.41) is 0. The number of rotatable bonds is 7. The zero-order chi connectivity index (χ0) is 15.7. The second kappa shape index (κ2) is 9.80. The van der Waals surface area contributed by atoms with E-state index in [1.165, 1.54) is 25.7 Å². The zero-order valence-electron chi connectivity index (χ0n) is 14.1. The molecule has 4 nitrogen and oxygen atoms in total. The molecule has 1 saturated carbocycles. The minimum absolute atomic E-state index is 0.117. The lowest BCUT2D eigenvalue weighted by atomic mass is 10.1. The van der Waals surface area contributed by atoms with Crippen molar-refractivity contribution in [1.82, 2.24) is 9.80 Å². The average Bonchev–Trinajstić information content (AvgIpc) is 2.73. The van der Waals surface area contributed by atoms with Crippen LogP contribution < -0.4 is 0 Å². The third-order valence-electron chi connectivity index (χ3n) is 4.51. The smallest absolute Gasteiger partial charge is 0.224 e. The maximum absolute atomic E-state index is 12.1. The minimum Gasteiger partial charge on any atom is -0.346 e. The maximum atomic E-state index is 12.1. The lowest BCUT2D eigenvalue weighted by Crippen LogP contribution is -2.41. The number of carbonyl (C=O) groups is 2. The molecule has 0 atom stereocenters. The number of carbonyl (C=O) groups excluding carboxylic acids is 2. The first kappa shape index (κ1) is 18.0. The molecule has 4 heteroatoms. The highest BCUT2D eigenvalue weighted by Crippen LogP contribution is 2.22. The van der Waals surface area contributed by atoms with Crippen LogP contribution in [0, 0.1) is 0 Å². The highest BCUT2D eigenvalue weighted by molar-refractivity contribution is 5.78. The Balaban J connectivity index is 2.46. The maximum Gasteiger partial charge on any atom is 0.224 e. The lowest BCUT2D eigenvalue weighted by molar-refractivity contribution is -0.134. The van der Waals surface area contributed by atoms with Crippen molar-refractivity contribution in [3.63, 3.8) is 0 Å². The third kappa shape index (κ3) is 6.49. The van der Waals surface area contributed by atoms with Crippen LogP contribution in [0.1, 0.15) is 71.6 Å². The number of nitrogens with zero attached hydrogens (tertiary/aromatic N) is 2. The summed E-state index contributed by atoms with van der Waals surface area (Å²) in [5.74, 6) is 0.272.